The van der Waals surface area contributed by atoms with E-state index in [0.717, 1.165) is 0 Å². The number of carbonyl (C=O) groups excluding carboxylic acids is 1. The molecule has 0 saturated carbocycles. The van der Waals surface area contributed by atoms with Gasteiger partial charge in [0.05, 0.1) is 12.1 Å². The number of amides is 1. The van der Waals surface area contributed by atoms with E-state index >= 15 is 0 Å². The fraction of sp³-hybridized carbons (Fsp3) is 0.556. The Morgan fingerprint density at radius 3 is 2.46 bits per heavy atom. The van der Waals surface area contributed by atoms with Gasteiger partial charge in [0.15, 0.2) is 5.81 Å². The summed E-state index contributed by atoms with van der Waals surface area (Å²) in [4.78, 5) is 12.3. The molecule has 0 aromatic heterocycles. The van der Waals surface area contributed by atoms with Crippen LogP contribution in [-0.2, 0) is 0 Å². The van der Waals surface area contributed by atoms with Gasteiger partial charge in [-0.05, 0) is 5.92 Å². The maximum absolute atomic E-state index is 10.8. The van der Waals surface area contributed by atoms with Crippen LogP contribution in [-0.4, -0.2) is 31.6 Å². The predicted molar refractivity (Wildman–Crippen MR) is 52.3 cm³/mol. The zero-order chi connectivity index (χ0) is 10.4. The molecule has 0 aromatic rings. The van der Waals surface area contributed by atoms with Crippen LogP contribution in [0.5, 0.6) is 0 Å². The van der Waals surface area contributed by atoms with Crippen molar-refractivity contribution in [1.29, 1.82) is 5.26 Å². The highest BCUT2D eigenvalue weighted by molar-refractivity contribution is 6.56. The van der Waals surface area contributed by atoms with Crippen molar-refractivity contribution in [3.05, 3.63) is 12.2 Å². The van der Waals surface area contributed by atoms with E-state index < -0.39 is 5.81 Å². The summed E-state index contributed by atoms with van der Waals surface area (Å²) in [5.41, 5.74) is 0. The maximum atomic E-state index is 10.8. The number of hydrogen-bond donors (Lipinski definition) is 0. The van der Waals surface area contributed by atoms with Gasteiger partial charge in [0, 0.05) is 13.1 Å². The quantitative estimate of drug-likeness (QED) is 0.480. The molecular formula is C9H13BN2O. The Hall–Kier alpha value is -1.24. The Bertz CT molecular complexity index is 242. The third-order valence-electron chi connectivity index (χ3n) is 1.85. The molecule has 2 radical (unpaired) electrons. The highest BCUT2D eigenvalue weighted by atomic mass is 16.1. The normalized spacial score (nSPS) is 12.8. The number of nitriles is 1. The lowest BCUT2D eigenvalue weighted by Gasteiger charge is -2.28. The van der Waals surface area contributed by atoms with E-state index in [1.807, 2.05) is 19.9 Å². The fourth-order valence-corrected chi connectivity index (χ4v) is 1.09. The second-order valence-corrected chi connectivity index (χ2v) is 3.17. The second kappa shape index (κ2) is 5.42. The molecule has 0 rings (SSSR count). The summed E-state index contributed by atoms with van der Waals surface area (Å²) < 4.78 is 0. The largest absolute Gasteiger partial charge is 0.349 e. The summed E-state index contributed by atoms with van der Waals surface area (Å²) in [6, 6.07) is 1.77. The van der Waals surface area contributed by atoms with Crippen LogP contribution in [0, 0.1) is 17.2 Å². The molecule has 0 heterocycles. The lowest BCUT2D eigenvalue weighted by atomic mass is 9.99. The molecule has 68 valence electrons. The van der Waals surface area contributed by atoms with Gasteiger partial charge in [0.2, 0.25) is 7.85 Å². The van der Waals surface area contributed by atoms with E-state index in [1.54, 1.807) is 13.1 Å². The van der Waals surface area contributed by atoms with E-state index in [0.29, 0.717) is 0 Å². The maximum Gasteiger partial charge on any atom is 0.200 e. The van der Waals surface area contributed by atoms with Gasteiger partial charge in [-0.2, -0.15) is 5.26 Å². The van der Waals surface area contributed by atoms with Gasteiger partial charge in [0.25, 0.3) is 0 Å². The van der Waals surface area contributed by atoms with Crippen molar-refractivity contribution in [1.82, 2.24) is 4.90 Å². The van der Waals surface area contributed by atoms with Crippen LogP contribution >= 0.6 is 0 Å². The van der Waals surface area contributed by atoms with E-state index in [9.17, 15) is 4.79 Å². The zero-order valence-electron chi connectivity index (χ0n) is 8.19. The second-order valence-electron chi connectivity index (χ2n) is 3.17. The first kappa shape index (κ1) is 11.8. The molecule has 4 heteroatoms. The molecule has 13 heavy (non-hydrogen) atoms. The predicted octanol–water partition coefficient (Wildman–Crippen LogP) is 1.31. The van der Waals surface area contributed by atoms with E-state index in [4.69, 9.17) is 13.1 Å². The minimum absolute atomic E-state index is 0.114. The topological polar surface area (TPSA) is 44.1 Å². The highest BCUT2D eigenvalue weighted by Gasteiger charge is 2.16. The summed E-state index contributed by atoms with van der Waals surface area (Å²) in [7, 11) is 6.74. The molecule has 3 nitrogen and oxygen atoms in total. The Kier molecular flexibility index (Phi) is 4.90. The van der Waals surface area contributed by atoms with E-state index in [1.165, 1.54) is 11.0 Å². The van der Waals surface area contributed by atoms with Gasteiger partial charge in [-0.25, -0.2) is 0 Å². The van der Waals surface area contributed by atoms with Crippen molar-refractivity contribution in [3.8, 4) is 6.07 Å². The van der Waals surface area contributed by atoms with Gasteiger partial charge in [-0.3, -0.25) is 4.79 Å². The fourth-order valence-electron chi connectivity index (χ4n) is 1.09. The van der Waals surface area contributed by atoms with Gasteiger partial charge in [-0.1, -0.05) is 19.9 Å². The molecule has 0 aliphatic rings. The summed E-state index contributed by atoms with van der Waals surface area (Å²) >= 11 is 0. The number of hydrogen-bond acceptors (Lipinski definition) is 2. The van der Waals surface area contributed by atoms with Crippen molar-refractivity contribution >= 4 is 13.7 Å². The van der Waals surface area contributed by atoms with Crippen LogP contribution in [0.2, 0.25) is 0 Å². The van der Waals surface area contributed by atoms with Crippen molar-refractivity contribution < 1.29 is 4.79 Å². The molecule has 0 spiro atoms. The van der Waals surface area contributed by atoms with Gasteiger partial charge in [0.1, 0.15) is 0 Å². The van der Waals surface area contributed by atoms with Crippen LogP contribution in [0.15, 0.2) is 12.2 Å². The molecule has 0 saturated heterocycles. The van der Waals surface area contributed by atoms with Crippen molar-refractivity contribution in [2.24, 2.45) is 5.92 Å². The lowest BCUT2D eigenvalue weighted by molar-refractivity contribution is 0.211. The first-order valence-corrected chi connectivity index (χ1v) is 4.09. The average Bonchev–Trinajstić information content (AvgIpc) is 2.04. The Morgan fingerprint density at radius 1 is 1.62 bits per heavy atom. The Morgan fingerprint density at radius 2 is 2.15 bits per heavy atom. The monoisotopic (exact) mass is 176 g/mol. The highest BCUT2D eigenvalue weighted by Crippen LogP contribution is 2.10. The standard InChI is InChI=1S/C9H13BN2O/c1-7(2)8(5-4-6-11)12(3)9(10)13/h4-5,7-8H,1-3H3/b5-4+/t8-/m1/s1. The third kappa shape index (κ3) is 3.79. The number of rotatable bonds is 3. The summed E-state index contributed by atoms with van der Waals surface area (Å²) in [6.45, 7) is 3.93. The van der Waals surface area contributed by atoms with E-state index in [2.05, 4.69) is 0 Å². The minimum atomic E-state index is -0.485. The third-order valence-corrected chi connectivity index (χ3v) is 1.85. The molecule has 1 amide bonds. The van der Waals surface area contributed by atoms with E-state index in [-0.39, 0.29) is 12.0 Å². The molecule has 0 unspecified atom stereocenters. The molecule has 0 aliphatic carbocycles. The number of nitrogens with zero attached hydrogens (tertiary/aromatic N) is 2. The van der Waals surface area contributed by atoms with Crippen LogP contribution < -0.4 is 0 Å². The first-order valence-electron chi connectivity index (χ1n) is 4.09. The zero-order valence-corrected chi connectivity index (χ0v) is 8.19. The van der Waals surface area contributed by atoms with Crippen molar-refractivity contribution in [3.63, 3.8) is 0 Å². The lowest BCUT2D eigenvalue weighted by Crippen LogP contribution is -2.38. The van der Waals surface area contributed by atoms with Gasteiger partial charge < -0.3 is 4.90 Å². The molecule has 0 fully saturated rings. The van der Waals surface area contributed by atoms with Gasteiger partial charge in [-0.15, -0.1) is 0 Å². The molecule has 1 atom stereocenters. The number of likely N-dealkylation sites (N-methyl/N-ethyl adjacent to an activating group) is 1. The Balaban J connectivity index is 4.53. The minimum Gasteiger partial charge on any atom is -0.349 e. The molecule has 0 aromatic carbocycles. The van der Waals surface area contributed by atoms with Crippen LogP contribution in [0.25, 0.3) is 0 Å². The van der Waals surface area contributed by atoms with Crippen LogP contribution in [0.4, 0.5) is 4.79 Å². The first-order chi connectivity index (χ1) is 6.00. The van der Waals surface area contributed by atoms with Gasteiger partial charge >= 0.3 is 0 Å². The Labute approximate surface area is 80.4 Å². The number of allylic oxidation sites excluding steroid dienone is 1. The smallest absolute Gasteiger partial charge is 0.200 e. The molecule has 0 aliphatic heterocycles. The van der Waals surface area contributed by atoms with Crippen LogP contribution in [0.3, 0.4) is 0 Å². The molecule has 0 bridgehead atoms. The summed E-state index contributed by atoms with van der Waals surface area (Å²) in [5, 5.41) is 8.35. The van der Waals surface area contributed by atoms with Crippen molar-refractivity contribution in [2.75, 3.05) is 7.05 Å². The number of carbonyl (C=O) groups is 1. The SMILES string of the molecule is [B]C(=O)N(C)[C@H](/C=C/C#N)C(C)C. The summed E-state index contributed by atoms with van der Waals surface area (Å²) in [6.07, 6.45) is 3.04. The molecular weight excluding hydrogens is 163 g/mol. The summed E-state index contributed by atoms with van der Waals surface area (Å²) in [5.74, 6) is -0.247. The average molecular weight is 176 g/mol. The molecule has 0 N–H and O–H groups in total. The van der Waals surface area contributed by atoms with Crippen LogP contribution in [0.1, 0.15) is 13.8 Å². The van der Waals surface area contributed by atoms with Crippen molar-refractivity contribution in [2.45, 2.75) is 19.9 Å².